The van der Waals surface area contributed by atoms with Crippen LogP contribution in [0.15, 0.2) is 41.2 Å². The third-order valence-corrected chi connectivity index (χ3v) is 4.39. The molecule has 1 saturated heterocycles. The molecule has 0 spiro atoms. The largest absolute Gasteiger partial charge is 0.481 e. The molecule has 1 aromatic heterocycles. The molecule has 0 aliphatic carbocycles. The van der Waals surface area contributed by atoms with Gasteiger partial charge in [0.25, 0.3) is 5.91 Å². The van der Waals surface area contributed by atoms with Gasteiger partial charge in [-0.2, -0.15) is 0 Å². The van der Waals surface area contributed by atoms with Gasteiger partial charge in [0.05, 0.1) is 11.4 Å². The summed E-state index contributed by atoms with van der Waals surface area (Å²) in [5.74, 6) is -1.81. The van der Waals surface area contributed by atoms with E-state index in [4.69, 9.17) is 0 Å². The van der Waals surface area contributed by atoms with E-state index in [-0.39, 0.29) is 18.4 Å². The van der Waals surface area contributed by atoms with Gasteiger partial charge in [0.2, 0.25) is 0 Å². The highest BCUT2D eigenvalue weighted by Gasteiger charge is 2.40. The van der Waals surface area contributed by atoms with Crippen molar-refractivity contribution in [3.05, 3.63) is 52.5 Å². The van der Waals surface area contributed by atoms with Gasteiger partial charge >= 0.3 is 5.97 Å². The number of hydrogen-bond acceptors (Lipinski definition) is 4. The summed E-state index contributed by atoms with van der Waals surface area (Å²) in [7, 11) is 0. The zero-order chi connectivity index (χ0) is 14.8. The van der Waals surface area contributed by atoms with Gasteiger partial charge in [-0.25, -0.2) is 4.98 Å². The van der Waals surface area contributed by atoms with E-state index < -0.39 is 11.9 Å². The number of amides is 1. The molecule has 1 fully saturated rings. The second-order valence-corrected chi connectivity index (χ2v) is 5.76. The lowest BCUT2D eigenvalue weighted by molar-refractivity contribution is -0.141. The highest BCUT2D eigenvalue weighted by molar-refractivity contribution is 7.07. The summed E-state index contributed by atoms with van der Waals surface area (Å²) in [4.78, 5) is 29.4. The predicted octanol–water partition coefficient (Wildman–Crippen LogP) is 2.08. The van der Waals surface area contributed by atoms with Crippen molar-refractivity contribution in [1.29, 1.82) is 0 Å². The minimum atomic E-state index is -0.863. The monoisotopic (exact) mass is 302 g/mol. The van der Waals surface area contributed by atoms with E-state index in [0.717, 1.165) is 5.56 Å². The number of benzene rings is 1. The first-order valence-electron chi connectivity index (χ1n) is 6.62. The second-order valence-electron chi connectivity index (χ2n) is 5.05. The standard InChI is InChI=1S/C15H14N2O3S/c18-14(13-8-21-9-16-13)17-6-11(12(7-17)15(19)20)10-4-2-1-3-5-10/h1-5,8-9,11-12H,6-7H2,(H,19,20)/t11-,12-/m1/s1. The molecule has 2 heterocycles. The average Bonchev–Trinajstić information content (AvgIpc) is 3.17. The number of thiazole rings is 1. The lowest BCUT2D eigenvalue weighted by Crippen LogP contribution is -2.30. The number of aliphatic carboxylic acids is 1. The number of carbonyl (C=O) groups is 2. The minimum absolute atomic E-state index is 0.175. The molecule has 3 rings (SSSR count). The molecular formula is C15H14N2O3S. The summed E-state index contributed by atoms with van der Waals surface area (Å²) < 4.78 is 0. The fourth-order valence-corrected chi connectivity index (χ4v) is 3.26. The molecule has 1 aromatic carbocycles. The minimum Gasteiger partial charge on any atom is -0.481 e. The summed E-state index contributed by atoms with van der Waals surface area (Å²) >= 11 is 1.36. The first-order chi connectivity index (χ1) is 10.2. The van der Waals surface area contributed by atoms with Crippen LogP contribution < -0.4 is 0 Å². The first kappa shape index (κ1) is 13.8. The maximum absolute atomic E-state index is 12.3. The molecule has 6 heteroatoms. The van der Waals surface area contributed by atoms with E-state index in [1.807, 2.05) is 30.3 Å². The Bertz CT molecular complexity index is 642. The Hall–Kier alpha value is -2.21. The highest BCUT2D eigenvalue weighted by Crippen LogP contribution is 2.33. The molecule has 0 bridgehead atoms. The molecule has 2 aromatic rings. The normalized spacial score (nSPS) is 21.4. The number of aromatic nitrogens is 1. The van der Waals surface area contributed by atoms with Crippen LogP contribution in [0.3, 0.4) is 0 Å². The zero-order valence-electron chi connectivity index (χ0n) is 11.2. The van der Waals surface area contributed by atoms with Gasteiger partial charge in [0.15, 0.2) is 0 Å². The summed E-state index contributed by atoms with van der Waals surface area (Å²) in [5, 5.41) is 11.1. The number of rotatable bonds is 3. The maximum atomic E-state index is 12.3. The van der Waals surface area contributed by atoms with Crippen LogP contribution in [0.2, 0.25) is 0 Å². The number of carboxylic acid groups (broad SMARTS) is 1. The Labute approximate surface area is 125 Å². The molecule has 1 amide bonds. The molecular weight excluding hydrogens is 288 g/mol. The van der Waals surface area contributed by atoms with Crippen molar-refractivity contribution in [3.63, 3.8) is 0 Å². The van der Waals surface area contributed by atoms with Crippen LogP contribution in [0.1, 0.15) is 22.0 Å². The maximum Gasteiger partial charge on any atom is 0.308 e. The number of hydrogen-bond donors (Lipinski definition) is 1. The quantitative estimate of drug-likeness (QED) is 0.942. The van der Waals surface area contributed by atoms with E-state index in [1.165, 1.54) is 11.3 Å². The number of likely N-dealkylation sites (tertiary alicyclic amines) is 1. The smallest absolute Gasteiger partial charge is 0.308 e. The van der Waals surface area contributed by atoms with Crippen LogP contribution in [0.25, 0.3) is 0 Å². The predicted molar refractivity (Wildman–Crippen MR) is 78.3 cm³/mol. The van der Waals surface area contributed by atoms with Crippen molar-refractivity contribution in [1.82, 2.24) is 9.88 Å². The van der Waals surface area contributed by atoms with Crippen LogP contribution >= 0.6 is 11.3 Å². The third kappa shape index (κ3) is 2.67. The molecule has 0 radical (unpaired) electrons. The van der Waals surface area contributed by atoms with Crippen LogP contribution in [-0.2, 0) is 4.79 Å². The molecule has 0 saturated carbocycles. The van der Waals surface area contributed by atoms with E-state index in [0.29, 0.717) is 12.2 Å². The molecule has 108 valence electrons. The number of nitrogens with zero attached hydrogens (tertiary/aromatic N) is 2. The number of carbonyl (C=O) groups excluding carboxylic acids is 1. The van der Waals surface area contributed by atoms with Gasteiger partial charge < -0.3 is 10.0 Å². The zero-order valence-corrected chi connectivity index (χ0v) is 12.0. The van der Waals surface area contributed by atoms with Crippen LogP contribution in [0, 0.1) is 5.92 Å². The van der Waals surface area contributed by atoms with E-state index >= 15 is 0 Å². The fourth-order valence-electron chi connectivity index (χ4n) is 2.74. The summed E-state index contributed by atoms with van der Waals surface area (Å²) in [6, 6.07) is 9.50. The lowest BCUT2D eigenvalue weighted by atomic mass is 9.89. The Balaban J connectivity index is 1.85. The summed E-state index contributed by atoms with van der Waals surface area (Å²) in [6.07, 6.45) is 0. The fraction of sp³-hybridized carbons (Fsp3) is 0.267. The Morgan fingerprint density at radius 3 is 2.62 bits per heavy atom. The SMILES string of the molecule is O=C(O)[C@@H]1CN(C(=O)c2cscn2)C[C@@H]1c1ccccc1. The van der Waals surface area contributed by atoms with Crippen molar-refractivity contribution in [3.8, 4) is 0 Å². The molecule has 1 aliphatic rings. The topological polar surface area (TPSA) is 70.5 Å². The summed E-state index contributed by atoms with van der Waals surface area (Å²) in [5.41, 5.74) is 2.95. The Morgan fingerprint density at radius 1 is 1.24 bits per heavy atom. The van der Waals surface area contributed by atoms with Crippen LogP contribution in [0.5, 0.6) is 0 Å². The van der Waals surface area contributed by atoms with Crippen molar-refractivity contribution in [2.75, 3.05) is 13.1 Å². The van der Waals surface area contributed by atoms with Crippen molar-refractivity contribution in [2.24, 2.45) is 5.92 Å². The number of carboxylic acids is 1. The molecule has 1 N–H and O–H groups in total. The van der Waals surface area contributed by atoms with Gasteiger partial charge in [0.1, 0.15) is 5.69 Å². The van der Waals surface area contributed by atoms with E-state index in [9.17, 15) is 14.7 Å². The van der Waals surface area contributed by atoms with Crippen molar-refractivity contribution in [2.45, 2.75) is 5.92 Å². The molecule has 2 atom stereocenters. The van der Waals surface area contributed by atoms with Gasteiger partial charge in [-0.1, -0.05) is 30.3 Å². The lowest BCUT2D eigenvalue weighted by Gasteiger charge is -2.15. The van der Waals surface area contributed by atoms with Crippen molar-refractivity contribution >= 4 is 23.2 Å². The summed E-state index contributed by atoms with van der Waals surface area (Å²) in [6.45, 7) is 0.641. The molecule has 1 aliphatic heterocycles. The Kier molecular flexibility index (Phi) is 3.70. The molecule has 0 unspecified atom stereocenters. The van der Waals surface area contributed by atoms with Gasteiger partial charge in [-0.3, -0.25) is 9.59 Å². The first-order valence-corrected chi connectivity index (χ1v) is 7.56. The molecule has 5 nitrogen and oxygen atoms in total. The van der Waals surface area contributed by atoms with E-state index in [2.05, 4.69) is 4.98 Å². The average molecular weight is 302 g/mol. The van der Waals surface area contributed by atoms with Crippen LogP contribution in [0.4, 0.5) is 0 Å². The molecule has 21 heavy (non-hydrogen) atoms. The van der Waals surface area contributed by atoms with Gasteiger partial charge in [0, 0.05) is 24.4 Å². The van der Waals surface area contributed by atoms with Crippen LogP contribution in [-0.4, -0.2) is 40.0 Å². The van der Waals surface area contributed by atoms with E-state index in [1.54, 1.807) is 15.8 Å². The van der Waals surface area contributed by atoms with Gasteiger partial charge in [-0.15, -0.1) is 11.3 Å². The van der Waals surface area contributed by atoms with Crippen molar-refractivity contribution < 1.29 is 14.7 Å². The third-order valence-electron chi connectivity index (χ3n) is 3.80. The second kappa shape index (κ2) is 5.65. The Morgan fingerprint density at radius 2 is 2.00 bits per heavy atom. The van der Waals surface area contributed by atoms with Gasteiger partial charge in [-0.05, 0) is 5.56 Å². The highest BCUT2D eigenvalue weighted by atomic mass is 32.1.